The molecule has 0 saturated carbocycles. The predicted molar refractivity (Wildman–Crippen MR) is 136 cm³/mol. The van der Waals surface area contributed by atoms with E-state index in [2.05, 4.69) is 37.1 Å². The Balaban J connectivity index is 1.71. The first-order valence-electron chi connectivity index (χ1n) is 11.1. The van der Waals surface area contributed by atoms with Gasteiger partial charge in [0.05, 0.1) is 36.0 Å². The third kappa shape index (κ3) is 6.83. The number of benzene rings is 2. The van der Waals surface area contributed by atoms with Gasteiger partial charge in [0.1, 0.15) is 18.1 Å². The number of aliphatic hydroxyl groups is 1. The summed E-state index contributed by atoms with van der Waals surface area (Å²) in [5, 5.41) is 38.8. The van der Waals surface area contributed by atoms with Gasteiger partial charge in [0.25, 0.3) is 0 Å². The number of rotatable bonds is 10. The van der Waals surface area contributed by atoms with Crippen molar-refractivity contribution >= 4 is 34.1 Å². The van der Waals surface area contributed by atoms with Crippen molar-refractivity contribution in [2.45, 2.75) is 26.1 Å². The SMILES string of the molecule is CCOc1cc([C@@H]2NC(=O)NC(C)=C2C(=O)OC)ccc1OC[C@H](O)N/N=C\c1cc(Br)c(O)cc1O. The number of carbonyl (C=O) groups excluding carboxylic acids is 2. The average Bonchev–Trinajstić information content (AvgIpc) is 2.85. The minimum Gasteiger partial charge on any atom is -0.507 e. The van der Waals surface area contributed by atoms with Crippen LogP contribution < -0.4 is 25.5 Å². The molecule has 12 nitrogen and oxygen atoms in total. The molecule has 0 unspecified atom stereocenters. The molecule has 0 aromatic heterocycles. The third-order valence-corrected chi connectivity index (χ3v) is 5.83. The number of nitrogens with zero attached hydrogens (tertiary/aromatic N) is 1. The number of carbonyl (C=O) groups is 2. The van der Waals surface area contributed by atoms with Crippen LogP contribution in [-0.2, 0) is 9.53 Å². The highest BCUT2D eigenvalue weighted by Gasteiger charge is 2.32. The summed E-state index contributed by atoms with van der Waals surface area (Å²) < 4.78 is 16.6. The minimum absolute atomic E-state index is 0.123. The smallest absolute Gasteiger partial charge is 0.337 e. The lowest BCUT2D eigenvalue weighted by Gasteiger charge is -2.28. The first-order valence-corrected chi connectivity index (χ1v) is 11.9. The van der Waals surface area contributed by atoms with Crippen LogP contribution in [0.3, 0.4) is 0 Å². The van der Waals surface area contributed by atoms with Crippen LogP contribution in [0.2, 0.25) is 0 Å². The number of esters is 1. The summed E-state index contributed by atoms with van der Waals surface area (Å²) in [5.74, 6) is -0.248. The van der Waals surface area contributed by atoms with E-state index in [-0.39, 0.29) is 23.7 Å². The number of aromatic hydroxyl groups is 2. The molecule has 1 aliphatic rings. The molecule has 13 heteroatoms. The van der Waals surface area contributed by atoms with E-state index in [1.807, 2.05) is 0 Å². The highest BCUT2D eigenvalue weighted by Crippen LogP contribution is 2.35. The quantitative estimate of drug-likeness (QED) is 0.107. The number of allylic oxidation sites excluding steroid dienone is 1. The van der Waals surface area contributed by atoms with Gasteiger partial charge in [-0.25, -0.2) is 9.59 Å². The van der Waals surface area contributed by atoms with Crippen LogP contribution in [-0.4, -0.2) is 60.1 Å². The number of hydrazone groups is 1. The van der Waals surface area contributed by atoms with E-state index >= 15 is 0 Å². The molecule has 198 valence electrons. The molecule has 1 aliphatic heterocycles. The molecule has 0 fully saturated rings. The van der Waals surface area contributed by atoms with Crippen molar-refractivity contribution in [3.8, 4) is 23.0 Å². The highest BCUT2D eigenvalue weighted by atomic mass is 79.9. The molecule has 2 amide bonds. The lowest BCUT2D eigenvalue weighted by Crippen LogP contribution is -2.45. The van der Waals surface area contributed by atoms with Crippen molar-refractivity contribution in [1.82, 2.24) is 16.1 Å². The molecule has 2 atom stereocenters. The lowest BCUT2D eigenvalue weighted by molar-refractivity contribution is -0.136. The number of urea groups is 1. The Morgan fingerprint density at radius 2 is 1.97 bits per heavy atom. The van der Waals surface area contributed by atoms with Crippen molar-refractivity contribution in [3.63, 3.8) is 0 Å². The second-order valence-corrected chi connectivity index (χ2v) is 8.63. The zero-order valence-corrected chi connectivity index (χ0v) is 21.8. The number of hydrogen-bond donors (Lipinski definition) is 6. The Morgan fingerprint density at radius 3 is 2.68 bits per heavy atom. The predicted octanol–water partition coefficient (Wildman–Crippen LogP) is 2.38. The van der Waals surface area contributed by atoms with E-state index in [1.54, 1.807) is 32.0 Å². The first-order chi connectivity index (χ1) is 17.6. The maximum atomic E-state index is 12.3. The molecule has 3 rings (SSSR count). The van der Waals surface area contributed by atoms with Crippen LogP contribution in [0.25, 0.3) is 0 Å². The fourth-order valence-corrected chi connectivity index (χ4v) is 3.85. The second-order valence-electron chi connectivity index (χ2n) is 7.78. The molecular formula is C24H27BrN4O8. The zero-order chi connectivity index (χ0) is 27.1. The molecule has 37 heavy (non-hydrogen) atoms. The number of halogens is 1. The number of hydrogen-bond acceptors (Lipinski definition) is 10. The molecule has 6 N–H and O–H groups in total. The van der Waals surface area contributed by atoms with Gasteiger partial charge in [0, 0.05) is 17.3 Å². The Bertz CT molecular complexity index is 1230. The van der Waals surface area contributed by atoms with Crippen molar-refractivity contribution in [3.05, 3.63) is 57.2 Å². The summed E-state index contributed by atoms with van der Waals surface area (Å²) >= 11 is 3.15. The van der Waals surface area contributed by atoms with Crippen molar-refractivity contribution in [1.29, 1.82) is 0 Å². The monoisotopic (exact) mass is 578 g/mol. The average molecular weight is 579 g/mol. The van der Waals surface area contributed by atoms with Crippen LogP contribution in [0.4, 0.5) is 4.79 Å². The number of nitrogens with one attached hydrogen (secondary N) is 3. The number of phenolic OH excluding ortho intramolecular Hbond substituents is 2. The first kappa shape index (κ1) is 27.6. The molecule has 2 aromatic rings. The van der Waals surface area contributed by atoms with Gasteiger partial charge >= 0.3 is 12.0 Å². The molecular weight excluding hydrogens is 552 g/mol. The number of phenols is 2. The van der Waals surface area contributed by atoms with Crippen molar-refractivity contribution < 1.29 is 39.1 Å². The van der Waals surface area contributed by atoms with E-state index in [0.29, 0.717) is 39.4 Å². The van der Waals surface area contributed by atoms with Gasteiger partial charge in [-0.3, -0.25) is 5.43 Å². The summed E-state index contributed by atoms with van der Waals surface area (Å²) in [6, 6.07) is 6.28. The summed E-state index contributed by atoms with van der Waals surface area (Å²) in [4.78, 5) is 24.4. The van der Waals surface area contributed by atoms with E-state index < -0.39 is 24.3 Å². The van der Waals surface area contributed by atoms with Crippen LogP contribution in [0.15, 0.2) is 51.2 Å². The third-order valence-electron chi connectivity index (χ3n) is 5.20. The molecule has 0 aliphatic carbocycles. The Labute approximate surface area is 221 Å². The Kier molecular flexibility index (Phi) is 9.20. The molecule has 0 spiro atoms. The number of methoxy groups -OCH3 is 1. The van der Waals surface area contributed by atoms with Crippen LogP contribution >= 0.6 is 15.9 Å². The summed E-state index contributed by atoms with van der Waals surface area (Å²) in [7, 11) is 1.26. The van der Waals surface area contributed by atoms with Crippen molar-refractivity contribution in [2.24, 2.45) is 5.10 Å². The number of amides is 2. The summed E-state index contributed by atoms with van der Waals surface area (Å²) in [6.07, 6.45) is 0.0542. The van der Waals surface area contributed by atoms with Gasteiger partial charge in [-0.1, -0.05) is 6.07 Å². The van der Waals surface area contributed by atoms with E-state index in [9.17, 15) is 24.9 Å². The fourth-order valence-electron chi connectivity index (χ4n) is 3.48. The van der Waals surface area contributed by atoms with Gasteiger partial charge in [-0.05, 0) is 53.5 Å². The largest absolute Gasteiger partial charge is 0.507 e. The zero-order valence-electron chi connectivity index (χ0n) is 20.2. The number of aliphatic hydroxyl groups excluding tert-OH is 1. The van der Waals surface area contributed by atoms with E-state index in [1.165, 1.54) is 19.4 Å². The topological polar surface area (TPSA) is 171 Å². The van der Waals surface area contributed by atoms with Crippen molar-refractivity contribution in [2.75, 3.05) is 20.3 Å². The standard InChI is InChI=1S/C24H27BrN4O8/c1-4-36-19-8-13(22-21(23(33)35-3)12(2)27-24(34)28-22)5-6-18(19)37-11-20(32)29-26-10-14-7-15(25)17(31)9-16(14)30/h5-10,20,22,29-32H,4,11H2,1-3H3,(H2,27,28,34)/b26-10-/t20-,22-/m0/s1. The maximum absolute atomic E-state index is 12.3. The maximum Gasteiger partial charge on any atom is 0.337 e. The lowest BCUT2D eigenvalue weighted by atomic mass is 9.95. The molecule has 1 heterocycles. The van der Waals surface area contributed by atoms with Crippen LogP contribution in [0.5, 0.6) is 23.0 Å². The molecule has 0 radical (unpaired) electrons. The van der Waals surface area contributed by atoms with Crippen LogP contribution in [0, 0.1) is 0 Å². The minimum atomic E-state index is -1.21. The van der Waals surface area contributed by atoms with E-state index in [4.69, 9.17) is 14.2 Å². The summed E-state index contributed by atoms with van der Waals surface area (Å²) in [5.41, 5.74) is 3.97. The second kappa shape index (κ2) is 12.3. The fraction of sp³-hybridized carbons (Fsp3) is 0.292. The Hall–Kier alpha value is -3.97. The normalized spacial score (nSPS) is 16.1. The molecule has 0 saturated heterocycles. The molecule has 2 aromatic carbocycles. The summed E-state index contributed by atoms with van der Waals surface area (Å²) in [6.45, 7) is 3.50. The Morgan fingerprint density at radius 1 is 1.22 bits per heavy atom. The van der Waals surface area contributed by atoms with Gasteiger partial charge < -0.3 is 40.2 Å². The number of ether oxygens (including phenoxy) is 3. The molecule has 0 bridgehead atoms. The van der Waals surface area contributed by atoms with Crippen LogP contribution in [0.1, 0.15) is 31.0 Å². The van der Waals surface area contributed by atoms with Gasteiger partial charge in [0.2, 0.25) is 0 Å². The highest BCUT2D eigenvalue weighted by molar-refractivity contribution is 9.10. The van der Waals surface area contributed by atoms with Gasteiger partial charge in [0.15, 0.2) is 17.7 Å². The van der Waals surface area contributed by atoms with Gasteiger partial charge in [-0.2, -0.15) is 5.10 Å². The van der Waals surface area contributed by atoms with E-state index in [0.717, 1.165) is 6.07 Å². The van der Waals surface area contributed by atoms with Gasteiger partial charge in [-0.15, -0.1) is 0 Å².